The summed E-state index contributed by atoms with van der Waals surface area (Å²) >= 11 is 0. The summed E-state index contributed by atoms with van der Waals surface area (Å²) in [6.07, 6.45) is 4.86. The summed E-state index contributed by atoms with van der Waals surface area (Å²) in [5, 5.41) is 2.60. The highest BCUT2D eigenvalue weighted by Gasteiger charge is 2.59. The topological polar surface area (TPSA) is 92.8 Å². The molecule has 1 aliphatic heterocycles. The van der Waals surface area contributed by atoms with Gasteiger partial charge in [0.1, 0.15) is 6.54 Å². The molecule has 2 bridgehead atoms. The second-order valence-corrected chi connectivity index (χ2v) is 6.85. The Balaban J connectivity index is 1.48. The Hall–Kier alpha value is -2.96. The van der Waals surface area contributed by atoms with Gasteiger partial charge in [-0.05, 0) is 30.4 Å². The summed E-state index contributed by atoms with van der Waals surface area (Å²) in [7, 11) is 1.25. The van der Waals surface area contributed by atoms with E-state index in [0.717, 1.165) is 11.3 Å². The summed E-state index contributed by atoms with van der Waals surface area (Å²) in [5.74, 6) is -2.08. The Labute approximate surface area is 150 Å². The summed E-state index contributed by atoms with van der Waals surface area (Å²) in [4.78, 5) is 50.5. The third kappa shape index (κ3) is 2.42. The zero-order valence-electron chi connectivity index (χ0n) is 14.2. The van der Waals surface area contributed by atoms with Gasteiger partial charge in [-0.1, -0.05) is 24.3 Å². The van der Waals surface area contributed by atoms with Gasteiger partial charge in [0.25, 0.3) is 0 Å². The van der Waals surface area contributed by atoms with Crippen molar-refractivity contribution >= 4 is 29.4 Å². The van der Waals surface area contributed by atoms with E-state index >= 15 is 0 Å². The SMILES string of the molecule is COC(=O)c1ccccc1NC(=O)CN1C(=O)[C@@H]2[C@@H](C1=O)[C@H]1C=C[C@@H]2C1. The number of amides is 3. The third-order valence-electron chi connectivity index (χ3n) is 5.47. The van der Waals surface area contributed by atoms with E-state index in [1.807, 2.05) is 12.2 Å². The number of nitrogens with one attached hydrogen (secondary N) is 1. The molecule has 3 amide bonds. The van der Waals surface area contributed by atoms with Gasteiger partial charge in [-0.3, -0.25) is 19.3 Å². The maximum atomic E-state index is 12.6. The fourth-order valence-electron chi connectivity index (χ4n) is 4.33. The molecule has 1 N–H and O–H groups in total. The Kier molecular flexibility index (Phi) is 3.86. The van der Waals surface area contributed by atoms with Gasteiger partial charge in [0, 0.05) is 0 Å². The smallest absolute Gasteiger partial charge is 0.339 e. The number of ether oxygens (including phenoxy) is 1. The number of nitrogens with zero attached hydrogens (tertiary/aromatic N) is 1. The molecule has 7 nitrogen and oxygen atoms in total. The van der Waals surface area contributed by atoms with Crippen LogP contribution in [0, 0.1) is 23.7 Å². The lowest BCUT2D eigenvalue weighted by Gasteiger charge is -2.17. The van der Waals surface area contributed by atoms with E-state index < -0.39 is 11.9 Å². The number of benzene rings is 1. The van der Waals surface area contributed by atoms with Crippen LogP contribution in [0.25, 0.3) is 0 Å². The van der Waals surface area contributed by atoms with E-state index in [-0.39, 0.29) is 53.3 Å². The van der Waals surface area contributed by atoms with Crippen LogP contribution in [0.15, 0.2) is 36.4 Å². The normalized spacial score (nSPS) is 28.4. The summed E-state index contributed by atoms with van der Waals surface area (Å²) in [6.45, 7) is -0.348. The third-order valence-corrected chi connectivity index (χ3v) is 5.47. The van der Waals surface area contributed by atoms with Crippen LogP contribution in [0.2, 0.25) is 0 Å². The molecule has 1 aromatic rings. The highest BCUT2D eigenvalue weighted by atomic mass is 16.5. The molecule has 1 aromatic carbocycles. The van der Waals surface area contributed by atoms with Crippen molar-refractivity contribution in [2.75, 3.05) is 19.0 Å². The maximum Gasteiger partial charge on any atom is 0.339 e. The Morgan fingerprint density at radius 3 is 2.35 bits per heavy atom. The van der Waals surface area contributed by atoms with Gasteiger partial charge in [-0.2, -0.15) is 0 Å². The van der Waals surface area contributed by atoms with Crippen molar-refractivity contribution in [3.63, 3.8) is 0 Å². The molecule has 0 aromatic heterocycles. The van der Waals surface area contributed by atoms with Crippen LogP contribution < -0.4 is 5.32 Å². The minimum Gasteiger partial charge on any atom is -0.465 e. The average Bonchev–Trinajstić information content (AvgIpc) is 3.31. The van der Waals surface area contributed by atoms with Gasteiger partial charge >= 0.3 is 5.97 Å². The molecule has 0 radical (unpaired) electrons. The molecule has 4 atom stereocenters. The first-order valence-corrected chi connectivity index (χ1v) is 8.52. The van der Waals surface area contributed by atoms with Crippen molar-refractivity contribution in [3.05, 3.63) is 42.0 Å². The van der Waals surface area contributed by atoms with Crippen LogP contribution >= 0.6 is 0 Å². The number of hydrogen-bond acceptors (Lipinski definition) is 5. The quantitative estimate of drug-likeness (QED) is 0.499. The minimum absolute atomic E-state index is 0.106. The predicted octanol–water partition coefficient (Wildman–Crippen LogP) is 1.22. The van der Waals surface area contributed by atoms with Crippen LogP contribution in [-0.2, 0) is 19.1 Å². The van der Waals surface area contributed by atoms with Gasteiger partial charge in [0.2, 0.25) is 17.7 Å². The standard InChI is InChI=1S/C19H18N2O5/c1-26-19(25)12-4-2-3-5-13(12)20-14(22)9-21-17(23)15-10-6-7-11(8-10)16(15)18(21)24/h2-7,10-11,15-16H,8-9H2,1H3,(H,20,22)/t10-,11+,15-,16-/m0/s1. The number of carbonyl (C=O) groups is 4. The van der Waals surface area contributed by atoms with E-state index in [1.165, 1.54) is 13.2 Å². The number of allylic oxidation sites excluding steroid dienone is 2. The highest BCUT2D eigenvalue weighted by Crippen LogP contribution is 2.52. The van der Waals surface area contributed by atoms with Crippen molar-refractivity contribution in [2.45, 2.75) is 6.42 Å². The van der Waals surface area contributed by atoms with Crippen molar-refractivity contribution in [2.24, 2.45) is 23.7 Å². The number of methoxy groups -OCH3 is 1. The lowest BCUT2D eigenvalue weighted by Crippen LogP contribution is -2.39. The lowest BCUT2D eigenvalue weighted by molar-refractivity contribution is -0.143. The zero-order chi connectivity index (χ0) is 18.4. The number of imide groups is 1. The number of likely N-dealkylation sites (tertiary alicyclic amines) is 1. The summed E-state index contributed by atoms with van der Waals surface area (Å²) in [5.41, 5.74) is 0.493. The first-order chi connectivity index (χ1) is 12.5. The number of esters is 1. The van der Waals surface area contributed by atoms with Crippen molar-refractivity contribution in [1.29, 1.82) is 0 Å². The van der Waals surface area contributed by atoms with Crippen LogP contribution in [-0.4, -0.2) is 42.2 Å². The van der Waals surface area contributed by atoms with Gasteiger partial charge in [-0.25, -0.2) is 4.79 Å². The zero-order valence-corrected chi connectivity index (χ0v) is 14.2. The lowest BCUT2D eigenvalue weighted by atomic mass is 9.85. The average molecular weight is 354 g/mol. The Morgan fingerprint density at radius 1 is 1.12 bits per heavy atom. The molecule has 26 heavy (non-hydrogen) atoms. The van der Waals surface area contributed by atoms with E-state index in [0.29, 0.717) is 0 Å². The molecule has 1 saturated heterocycles. The van der Waals surface area contributed by atoms with Gasteiger partial charge < -0.3 is 10.1 Å². The van der Waals surface area contributed by atoms with E-state index in [4.69, 9.17) is 4.74 Å². The van der Waals surface area contributed by atoms with E-state index in [9.17, 15) is 19.2 Å². The molecule has 1 saturated carbocycles. The van der Waals surface area contributed by atoms with Crippen LogP contribution in [0.3, 0.4) is 0 Å². The molecular weight excluding hydrogens is 336 g/mol. The van der Waals surface area contributed by atoms with E-state index in [2.05, 4.69) is 5.32 Å². The van der Waals surface area contributed by atoms with Crippen molar-refractivity contribution in [1.82, 2.24) is 4.90 Å². The monoisotopic (exact) mass is 354 g/mol. The largest absolute Gasteiger partial charge is 0.465 e. The van der Waals surface area contributed by atoms with Crippen LogP contribution in [0.4, 0.5) is 5.69 Å². The number of anilines is 1. The molecule has 4 rings (SSSR count). The molecule has 7 heteroatoms. The minimum atomic E-state index is -0.577. The Morgan fingerprint density at radius 2 is 1.73 bits per heavy atom. The van der Waals surface area contributed by atoms with Gasteiger partial charge in [0.05, 0.1) is 30.2 Å². The Bertz CT molecular complexity index is 816. The molecule has 0 unspecified atom stereocenters. The fraction of sp³-hybridized carbons (Fsp3) is 0.368. The molecular formula is C19H18N2O5. The number of carbonyl (C=O) groups excluding carboxylic acids is 4. The summed E-state index contributed by atoms with van der Waals surface area (Å²) < 4.78 is 4.69. The summed E-state index contributed by atoms with van der Waals surface area (Å²) in [6, 6.07) is 6.42. The number of rotatable bonds is 4. The van der Waals surface area contributed by atoms with Crippen molar-refractivity contribution < 1.29 is 23.9 Å². The molecule has 134 valence electrons. The number of hydrogen-bond donors (Lipinski definition) is 1. The van der Waals surface area contributed by atoms with E-state index in [1.54, 1.807) is 18.2 Å². The van der Waals surface area contributed by atoms with Gasteiger partial charge in [-0.15, -0.1) is 0 Å². The maximum absolute atomic E-state index is 12.6. The van der Waals surface area contributed by atoms with Crippen molar-refractivity contribution in [3.8, 4) is 0 Å². The highest BCUT2D eigenvalue weighted by molar-refractivity contribution is 6.10. The fourth-order valence-corrected chi connectivity index (χ4v) is 4.33. The van der Waals surface area contributed by atoms with Crippen LogP contribution in [0.5, 0.6) is 0 Å². The molecule has 0 spiro atoms. The molecule has 2 aliphatic carbocycles. The molecule has 2 fully saturated rings. The molecule has 1 heterocycles. The second kappa shape index (κ2) is 6.09. The van der Waals surface area contributed by atoms with Crippen LogP contribution in [0.1, 0.15) is 16.8 Å². The number of fused-ring (bicyclic) bond motifs is 5. The molecule has 3 aliphatic rings. The first-order valence-electron chi connectivity index (χ1n) is 8.52. The predicted molar refractivity (Wildman–Crippen MR) is 90.8 cm³/mol. The number of para-hydroxylation sites is 1. The second-order valence-electron chi connectivity index (χ2n) is 6.85. The van der Waals surface area contributed by atoms with Gasteiger partial charge in [0.15, 0.2) is 0 Å². The first kappa shape index (κ1) is 16.5.